The number of hydrazine groups is 1. The Hall–Kier alpha value is -1.02. The van der Waals surface area contributed by atoms with E-state index in [-0.39, 0.29) is 0 Å². The quantitative estimate of drug-likeness (QED) is 0.536. The molecular formula is C11H16N2. The van der Waals surface area contributed by atoms with Crippen molar-refractivity contribution in [1.29, 1.82) is 0 Å². The maximum atomic E-state index is 5.44. The van der Waals surface area contributed by atoms with Gasteiger partial charge in [-0.15, -0.1) is 0 Å². The molecule has 1 fully saturated rings. The second-order valence-electron chi connectivity index (χ2n) is 3.95. The smallest absolute Gasteiger partial charge is 0.0543 e. The molecule has 0 unspecified atom stereocenters. The summed E-state index contributed by atoms with van der Waals surface area (Å²) in [6, 6.07) is 4.50. The van der Waals surface area contributed by atoms with Gasteiger partial charge in [0.2, 0.25) is 0 Å². The minimum atomic E-state index is 0.823. The average molecular weight is 176 g/mol. The van der Waals surface area contributed by atoms with Crippen LogP contribution in [0.15, 0.2) is 12.1 Å². The first-order valence-corrected chi connectivity index (χ1v) is 4.80. The SMILES string of the molecule is Cc1cc(C2CC2)cc(C)c1NN. The van der Waals surface area contributed by atoms with Gasteiger partial charge >= 0.3 is 0 Å². The Morgan fingerprint density at radius 1 is 1.23 bits per heavy atom. The largest absolute Gasteiger partial charge is 0.324 e. The normalized spacial score (nSPS) is 15.9. The maximum absolute atomic E-state index is 5.44. The van der Waals surface area contributed by atoms with Crippen molar-refractivity contribution >= 4 is 5.69 Å². The fraction of sp³-hybridized carbons (Fsp3) is 0.455. The van der Waals surface area contributed by atoms with Crippen LogP contribution in [0.1, 0.15) is 35.4 Å². The minimum absolute atomic E-state index is 0.823. The Bertz CT molecular complexity index is 304. The van der Waals surface area contributed by atoms with Gasteiger partial charge in [0, 0.05) is 0 Å². The fourth-order valence-electron chi connectivity index (χ4n) is 1.88. The zero-order valence-corrected chi connectivity index (χ0v) is 8.22. The summed E-state index contributed by atoms with van der Waals surface area (Å²) in [4.78, 5) is 0. The Balaban J connectivity index is 2.42. The van der Waals surface area contributed by atoms with Crippen LogP contribution in [-0.2, 0) is 0 Å². The summed E-state index contributed by atoms with van der Waals surface area (Å²) in [5.41, 5.74) is 7.81. The van der Waals surface area contributed by atoms with Gasteiger partial charge in [0.15, 0.2) is 0 Å². The molecule has 0 radical (unpaired) electrons. The number of hydrogen-bond acceptors (Lipinski definition) is 2. The van der Waals surface area contributed by atoms with E-state index in [1.165, 1.54) is 29.5 Å². The topological polar surface area (TPSA) is 38.0 Å². The van der Waals surface area contributed by atoms with Gasteiger partial charge in [-0.2, -0.15) is 0 Å². The van der Waals surface area contributed by atoms with Crippen LogP contribution in [0.5, 0.6) is 0 Å². The molecule has 3 N–H and O–H groups in total. The molecule has 0 amide bonds. The van der Waals surface area contributed by atoms with Crippen LogP contribution in [0.25, 0.3) is 0 Å². The van der Waals surface area contributed by atoms with E-state index in [1.54, 1.807) is 0 Å². The van der Waals surface area contributed by atoms with Crippen molar-refractivity contribution in [1.82, 2.24) is 0 Å². The second kappa shape index (κ2) is 3.04. The summed E-state index contributed by atoms with van der Waals surface area (Å²) in [5, 5.41) is 0. The molecule has 0 saturated heterocycles. The van der Waals surface area contributed by atoms with E-state index < -0.39 is 0 Å². The highest BCUT2D eigenvalue weighted by Gasteiger charge is 2.24. The van der Waals surface area contributed by atoms with Crippen LogP contribution in [0.3, 0.4) is 0 Å². The standard InChI is InChI=1S/C11H16N2/c1-7-5-10(9-3-4-9)6-8(2)11(7)13-12/h5-6,9,13H,3-4,12H2,1-2H3. The lowest BCUT2D eigenvalue weighted by Gasteiger charge is -2.11. The van der Waals surface area contributed by atoms with E-state index in [4.69, 9.17) is 5.84 Å². The third kappa shape index (κ3) is 1.54. The molecule has 1 saturated carbocycles. The highest BCUT2D eigenvalue weighted by molar-refractivity contribution is 5.58. The summed E-state index contributed by atoms with van der Waals surface area (Å²) < 4.78 is 0. The lowest BCUT2D eigenvalue weighted by molar-refractivity contribution is 1.11. The van der Waals surface area contributed by atoms with Crippen LogP contribution < -0.4 is 11.3 Å². The predicted molar refractivity (Wildman–Crippen MR) is 55.7 cm³/mol. The van der Waals surface area contributed by atoms with E-state index in [9.17, 15) is 0 Å². The molecule has 70 valence electrons. The molecule has 0 bridgehead atoms. The van der Waals surface area contributed by atoms with Crippen molar-refractivity contribution in [2.45, 2.75) is 32.6 Å². The number of nitrogens with one attached hydrogen (secondary N) is 1. The molecule has 1 aliphatic rings. The summed E-state index contributed by atoms with van der Waals surface area (Å²) in [6.07, 6.45) is 2.71. The van der Waals surface area contributed by atoms with Crippen LogP contribution >= 0.6 is 0 Å². The molecule has 0 aliphatic heterocycles. The third-order valence-electron chi connectivity index (χ3n) is 2.75. The molecule has 13 heavy (non-hydrogen) atoms. The number of aryl methyl sites for hydroxylation is 2. The van der Waals surface area contributed by atoms with Gasteiger partial charge in [0.05, 0.1) is 5.69 Å². The van der Waals surface area contributed by atoms with Crippen molar-refractivity contribution in [3.05, 3.63) is 28.8 Å². The molecule has 1 aliphatic carbocycles. The van der Waals surface area contributed by atoms with Crippen LogP contribution in [0.2, 0.25) is 0 Å². The van der Waals surface area contributed by atoms with E-state index >= 15 is 0 Å². The predicted octanol–water partition coefficient (Wildman–Crippen LogP) is 2.47. The molecule has 0 spiro atoms. The molecule has 2 heteroatoms. The molecular weight excluding hydrogens is 160 g/mol. The van der Waals surface area contributed by atoms with Crippen LogP contribution in [0.4, 0.5) is 5.69 Å². The maximum Gasteiger partial charge on any atom is 0.0543 e. The summed E-state index contributed by atoms with van der Waals surface area (Å²) >= 11 is 0. The summed E-state index contributed by atoms with van der Waals surface area (Å²) in [7, 11) is 0. The summed E-state index contributed by atoms with van der Waals surface area (Å²) in [5.74, 6) is 6.27. The monoisotopic (exact) mass is 176 g/mol. The first-order valence-electron chi connectivity index (χ1n) is 4.80. The Morgan fingerprint density at radius 3 is 2.15 bits per heavy atom. The van der Waals surface area contributed by atoms with Gasteiger partial charge in [-0.25, -0.2) is 0 Å². The van der Waals surface area contributed by atoms with E-state index in [0.29, 0.717) is 0 Å². The number of nitrogen functional groups attached to an aromatic ring is 1. The number of anilines is 1. The van der Waals surface area contributed by atoms with E-state index in [0.717, 1.165) is 11.6 Å². The van der Waals surface area contributed by atoms with Crippen molar-refractivity contribution in [3.63, 3.8) is 0 Å². The summed E-state index contributed by atoms with van der Waals surface area (Å²) in [6.45, 7) is 4.21. The lowest BCUT2D eigenvalue weighted by Crippen LogP contribution is -2.10. The van der Waals surface area contributed by atoms with Crippen LogP contribution in [-0.4, -0.2) is 0 Å². The number of hydrogen-bond donors (Lipinski definition) is 2. The molecule has 2 rings (SSSR count). The highest BCUT2D eigenvalue weighted by atomic mass is 15.2. The lowest BCUT2D eigenvalue weighted by atomic mass is 10.0. The van der Waals surface area contributed by atoms with Crippen molar-refractivity contribution in [3.8, 4) is 0 Å². The highest BCUT2D eigenvalue weighted by Crippen LogP contribution is 2.41. The van der Waals surface area contributed by atoms with E-state index in [2.05, 4.69) is 31.4 Å². The second-order valence-corrected chi connectivity index (χ2v) is 3.95. The number of benzene rings is 1. The van der Waals surface area contributed by atoms with Crippen molar-refractivity contribution in [2.75, 3.05) is 5.43 Å². The zero-order valence-electron chi connectivity index (χ0n) is 8.22. The van der Waals surface area contributed by atoms with Gasteiger partial charge in [-0.3, -0.25) is 5.84 Å². The van der Waals surface area contributed by atoms with Crippen LogP contribution in [0, 0.1) is 13.8 Å². The molecule has 2 nitrogen and oxygen atoms in total. The molecule has 0 heterocycles. The van der Waals surface area contributed by atoms with E-state index in [1.807, 2.05) is 0 Å². The minimum Gasteiger partial charge on any atom is -0.324 e. The average Bonchev–Trinajstić information content (AvgIpc) is 2.85. The van der Waals surface area contributed by atoms with Crippen molar-refractivity contribution < 1.29 is 0 Å². The third-order valence-corrected chi connectivity index (χ3v) is 2.75. The van der Waals surface area contributed by atoms with Crippen molar-refractivity contribution in [2.24, 2.45) is 5.84 Å². The number of rotatable bonds is 2. The van der Waals surface area contributed by atoms with Gasteiger partial charge < -0.3 is 5.43 Å². The van der Waals surface area contributed by atoms with Gasteiger partial charge in [0.1, 0.15) is 0 Å². The first kappa shape index (κ1) is 8.57. The van der Waals surface area contributed by atoms with Gasteiger partial charge in [-0.1, -0.05) is 12.1 Å². The Kier molecular flexibility index (Phi) is 2.00. The Morgan fingerprint density at radius 2 is 1.77 bits per heavy atom. The molecule has 0 aromatic heterocycles. The molecule has 1 aromatic rings. The zero-order chi connectivity index (χ0) is 9.42. The fourth-order valence-corrected chi connectivity index (χ4v) is 1.88. The number of nitrogens with two attached hydrogens (primary N) is 1. The first-order chi connectivity index (χ1) is 6.22. The Labute approximate surface area is 79.1 Å². The molecule has 1 aromatic carbocycles. The van der Waals surface area contributed by atoms with Gasteiger partial charge in [0.25, 0.3) is 0 Å². The molecule has 0 atom stereocenters. The van der Waals surface area contributed by atoms with Gasteiger partial charge in [-0.05, 0) is 49.3 Å².